The fraction of sp³-hybridized carbons (Fsp3) is 0.267. The first kappa shape index (κ1) is 13.2. The SMILES string of the molecule is CCOC(=O)c1c[nH]c(-c2ccc(N(C)C)cc2)c1. The number of carbonyl (C=O) groups is 1. The minimum Gasteiger partial charge on any atom is -0.462 e. The number of hydrogen-bond donors (Lipinski definition) is 1. The number of esters is 1. The minimum absolute atomic E-state index is 0.296. The molecule has 0 saturated heterocycles. The number of H-pyrrole nitrogens is 1. The zero-order chi connectivity index (χ0) is 13.8. The van der Waals surface area contributed by atoms with Crippen molar-refractivity contribution in [2.24, 2.45) is 0 Å². The molecule has 100 valence electrons. The van der Waals surface area contributed by atoms with Gasteiger partial charge in [0.05, 0.1) is 12.2 Å². The molecule has 0 fully saturated rings. The number of ether oxygens (including phenoxy) is 1. The van der Waals surface area contributed by atoms with Crippen LogP contribution in [0.1, 0.15) is 17.3 Å². The Hall–Kier alpha value is -2.23. The number of nitrogens with one attached hydrogen (secondary N) is 1. The Balaban J connectivity index is 2.20. The summed E-state index contributed by atoms with van der Waals surface area (Å²) in [6.07, 6.45) is 1.67. The molecule has 1 heterocycles. The average molecular weight is 258 g/mol. The molecule has 0 atom stereocenters. The number of aromatic amines is 1. The first-order valence-corrected chi connectivity index (χ1v) is 6.25. The van der Waals surface area contributed by atoms with E-state index in [1.807, 2.05) is 49.3 Å². The van der Waals surface area contributed by atoms with Gasteiger partial charge in [-0.2, -0.15) is 0 Å². The molecule has 1 aromatic heterocycles. The second-order valence-electron chi connectivity index (χ2n) is 4.46. The first-order valence-electron chi connectivity index (χ1n) is 6.25. The summed E-state index contributed by atoms with van der Waals surface area (Å²) >= 11 is 0. The summed E-state index contributed by atoms with van der Waals surface area (Å²) in [5, 5.41) is 0. The van der Waals surface area contributed by atoms with E-state index in [0.29, 0.717) is 12.2 Å². The van der Waals surface area contributed by atoms with Gasteiger partial charge in [0, 0.05) is 31.7 Å². The Kier molecular flexibility index (Phi) is 3.90. The summed E-state index contributed by atoms with van der Waals surface area (Å²) in [5.41, 5.74) is 3.64. The van der Waals surface area contributed by atoms with Crippen molar-refractivity contribution in [3.63, 3.8) is 0 Å². The Labute approximate surface area is 113 Å². The summed E-state index contributed by atoms with van der Waals surface area (Å²) in [7, 11) is 4.00. The summed E-state index contributed by atoms with van der Waals surface area (Å²) in [6, 6.07) is 9.94. The van der Waals surface area contributed by atoms with Crippen LogP contribution >= 0.6 is 0 Å². The maximum absolute atomic E-state index is 11.6. The van der Waals surface area contributed by atoms with Gasteiger partial charge in [-0.15, -0.1) is 0 Å². The van der Waals surface area contributed by atoms with Gasteiger partial charge in [0.25, 0.3) is 0 Å². The minimum atomic E-state index is -0.296. The largest absolute Gasteiger partial charge is 0.462 e. The number of hydrogen-bond acceptors (Lipinski definition) is 3. The standard InChI is InChI=1S/C15H18N2O2/c1-4-19-15(18)12-9-14(16-10-12)11-5-7-13(8-6-11)17(2)3/h5-10,16H,4H2,1-3H3. The second kappa shape index (κ2) is 5.61. The van der Waals surface area contributed by atoms with Gasteiger partial charge in [0.15, 0.2) is 0 Å². The van der Waals surface area contributed by atoms with Crippen molar-refractivity contribution < 1.29 is 9.53 Å². The van der Waals surface area contributed by atoms with Crippen molar-refractivity contribution in [1.82, 2.24) is 4.98 Å². The van der Waals surface area contributed by atoms with Gasteiger partial charge in [-0.1, -0.05) is 12.1 Å². The molecule has 2 aromatic rings. The number of anilines is 1. The molecule has 4 heteroatoms. The molecule has 0 spiro atoms. The predicted octanol–water partition coefficient (Wildman–Crippen LogP) is 2.92. The molecule has 19 heavy (non-hydrogen) atoms. The summed E-state index contributed by atoms with van der Waals surface area (Å²) in [5.74, 6) is -0.296. The molecule has 0 unspecified atom stereocenters. The van der Waals surface area contributed by atoms with Crippen LogP contribution in [0.15, 0.2) is 36.5 Å². The second-order valence-corrected chi connectivity index (χ2v) is 4.46. The molecule has 0 amide bonds. The van der Waals surface area contributed by atoms with E-state index in [4.69, 9.17) is 4.74 Å². The third kappa shape index (κ3) is 2.96. The van der Waals surface area contributed by atoms with Crippen LogP contribution in [-0.4, -0.2) is 31.7 Å². The molecule has 0 bridgehead atoms. The van der Waals surface area contributed by atoms with Crippen LogP contribution in [-0.2, 0) is 4.74 Å². The number of benzene rings is 1. The van der Waals surface area contributed by atoms with E-state index in [1.165, 1.54) is 0 Å². The fourth-order valence-corrected chi connectivity index (χ4v) is 1.83. The summed E-state index contributed by atoms with van der Waals surface area (Å²) < 4.78 is 4.96. The lowest BCUT2D eigenvalue weighted by Crippen LogP contribution is -2.07. The van der Waals surface area contributed by atoms with Crippen molar-refractivity contribution in [2.75, 3.05) is 25.6 Å². The van der Waals surface area contributed by atoms with Crippen molar-refractivity contribution >= 4 is 11.7 Å². The van der Waals surface area contributed by atoms with Crippen LogP contribution in [0.4, 0.5) is 5.69 Å². The molecule has 0 aliphatic carbocycles. The Morgan fingerprint density at radius 1 is 1.26 bits per heavy atom. The van der Waals surface area contributed by atoms with Crippen LogP contribution in [0.2, 0.25) is 0 Å². The van der Waals surface area contributed by atoms with Gasteiger partial charge in [-0.3, -0.25) is 0 Å². The number of carbonyl (C=O) groups excluding carboxylic acids is 1. The zero-order valence-electron chi connectivity index (χ0n) is 11.4. The summed E-state index contributed by atoms with van der Waals surface area (Å²) in [4.78, 5) is 16.7. The molecule has 0 saturated carbocycles. The Bertz CT molecular complexity index is 556. The zero-order valence-corrected chi connectivity index (χ0v) is 11.4. The molecular formula is C15H18N2O2. The Morgan fingerprint density at radius 3 is 2.53 bits per heavy atom. The number of aromatic nitrogens is 1. The quantitative estimate of drug-likeness (QED) is 0.858. The summed E-state index contributed by atoms with van der Waals surface area (Å²) in [6.45, 7) is 2.18. The first-order chi connectivity index (χ1) is 9.11. The molecule has 4 nitrogen and oxygen atoms in total. The van der Waals surface area contributed by atoms with Gasteiger partial charge in [0.1, 0.15) is 0 Å². The maximum Gasteiger partial charge on any atom is 0.339 e. The molecule has 1 aromatic carbocycles. The van der Waals surface area contributed by atoms with E-state index in [-0.39, 0.29) is 5.97 Å². The molecule has 0 aliphatic rings. The van der Waals surface area contributed by atoms with E-state index >= 15 is 0 Å². The third-order valence-electron chi connectivity index (χ3n) is 2.89. The number of nitrogens with zero attached hydrogens (tertiary/aromatic N) is 1. The molecular weight excluding hydrogens is 240 g/mol. The smallest absolute Gasteiger partial charge is 0.339 e. The lowest BCUT2D eigenvalue weighted by molar-refractivity contribution is 0.0526. The fourth-order valence-electron chi connectivity index (χ4n) is 1.83. The highest BCUT2D eigenvalue weighted by Crippen LogP contribution is 2.22. The molecule has 2 rings (SSSR count). The predicted molar refractivity (Wildman–Crippen MR) is 76.5 cm³/mol. The Morgan fingerprint density at radius 2 is 1.95 bits per heavy atom. The van der Waals surface area contributed by atoms with Crippen molar-refractivity contribution in [1.29, 1.82) is 0 Å². The lowest BCUT2D eigenvalue weighted by Gasteiger charge is -2.12. The molecule has 0 aliphatic heterocycles. The molecule has 1 N–H and O–H groups in total. The van der Waals surface area contributed by atoms with Crippen LogP contribution in [0.25, 0.3) is 11.3 Å². The maximum atomic E-state index is 11.6. The van der Waals surface area contributed by atoms with Crippen LogP contribution in [0, 0.1) is 0 Å². The van der Waals surface area contributed by atoms with Gasteiger partial charge >= 0.3 is 5.97 Å². The number of rotatable bonds is 4. The topological polar surface area (TPSA) is 45.3 Å². The highest BCUT2D eigenvalue weighted by molar-refractivity contribution is 5.90. The average Bonchev–Trinajstić information content (AvgIpc) is 2.89. The van der Waals surface area contributed by atoms with E-state index in [0.717, 1.165) is 16.9 Å². The van der Waals surface area contributed by atoms with E-state index < -0.39 is 0 Å². The highest BCUT2D eigenvalue weighted by Gasteiger charge is 2.10. The van der Waals surface area contributed by atoms with Gasteiger partial charge in [0.2, 0.25) is 0 Å². The van der Waals surface area contributed by atoms with Crippen molar-refractivity contribution in [3.05, 3.63) is 42.1 Å². The van der Waals surface area contributed by atoms with E-state index in [9.17, 15) is 4.79 Å². The van der Waals surface area contributed by atoms with Gasteiger partial charge < -0.3 is 14.6 Å². The van der Waals surface area contributed by atoms with Crippen molar-refractivity contribution in [3.8, 4) is 11.3 Å². The monoisotopic (exact) mass is 258 g/mol. The van der Waals surface area contributed by atoms with E-state index in [1.54, 1.807) is 13.1 Å². The van der Waals surface area contributed by atoms with Crippen molar-refractivity contribution in [2.45, 2.75) is 6.92 Å². The highest BCUT2D eigenvalue weighted by atomic mass is 16.5. The molecule has 0 radical (unpaired) electrons. The van der Waals surface area contributed by atoms with Gasteiger partial charge in [-0.05, 0) is 30.7 Å². The lowest BCUT2D eigenvalue weighted by atomic mass is 10.1. The van der Waals surface area contributed by atoms with Gasteiger partial charge in [-0.25, -0.2) is 4.79 Å². The normalized spacial score (nSPS) is 10.3. The van der Waals surface area contributed by atoms with Crippen LogP contribution < -0.4 is 4.90 Å². The third-order valence-corrected chi connectivity index (χ3v) is 2.89. The van der Waals surface area contributed by atoms with Crippen LogP contribution in [0.5, 0.6) is 0 Å². The van der Waals surface area contributed by atoms with Crippen LogP contribution in [0.3, 0.4) is 0 Å². The van der Waals surface area contributed by atoms with E-state index in [2.05, 4.69) is 4.98 Å².